The molecule has 1 heterocycles. The maximum absolute atomic E-state index is 5.46. The third-order valence-corrected chi connectivity index (χ3v) is 2.84. The summed E-state index contributed by atoms with van der Waals surface area (Å²) >= 11 is 0. The zero-order valence-corrected chi connectivity index (χ0v) is 8.26. The van der Waals surface area contributed by atoms with E-state index in [0.29, 0.717) is 0 Å². The Morgan fingerprint density at radius 3 is 2.83 bits per heavy atom. The van der Waals surface area contributed by atoms with Crippen LogP contribution < -0.4 is 5.73 Å². The molecule has 0 bridgehead atoms. The number of hydrogen-bond acceptors (Lipinski definition) is 2. The molecule has 72 valence electrons. The quantitative estimate of drug-likeness (QED) is 0.649. The molecule has 1 fully saturated rings. The third-order valence-electron chi connectivity index (χ3n) is 2.84. The van der Waals surface area contributed by atoms with E-state index < -0.39 is 0 Å². The van der Waals surface area contributed by atoms with Gasteiger partial charge in [-0.3, -0.25) is 0 Å². The summed E-state index contributed by atoms with van der Waals surface area (Å²) in [5.74, 6) is 0. The average molecular weight is 170 g/mol. The lowest BCUT2D eigenvalue weighted by Crippen LogP contribution is -2.38. The fraction of sp³-hybridized carbons (Fsp3) is 1.00. The van der Waals surface area contributed by atoms with Crippen LogP contribution in [0.1, 0.15) is 39.0 Å². The van der Waals surface area contributed by atoms with Crippen LogP contribution in [0, 0.1) is 0 Å². The molecule has 0 aromatic carbocycles. The fourth-order valence-corrected chi connectivity index (χ4v) is 1.95. The molecule has 1 aliphatic heterocycles. The Balaban J connectivity index is 2.11. The second-order valence-electron chi connectivity index (χ2n) is 3.88. The summed E-state index contributed by atoms with van der Waals surface area (Å²) in [5.41, 5.74) is 5.46. The molecule has 0 spiro atoms. The molecule has 2 N–H and O–H groups in total. The van der Waals surface area contributed by atoms with Crippen molar-refractivity contribution in [3.63, 3.8) is 0 Å². The number of hydrogen-bond donors (Lipinski definition) is 1. The van der Waals surface area contributed by atoms with E-state index in [0.717, 1.165) is 12.6 Å². The smallest absolute Gasteiger partial charge is 0.00669 e. The summed E-state index contributed by atoms with van der Waals surface area (Å²) in [7, 11) is 0. The molecule has 1 rings (SSSR count). The maximum Gasteiger partial charge on any atom is 0.00669 e. The Bertz CT molecular complexity index is 114. The van der Waals surface area contributed by atoms with Crippen molar-refractivity contribution in [2.75, 3.05) is 19.6 Å². The summed E-state index contributed by atoms with van der Waals surface area (Å²) in [6, 6.07) is 0.816. The minimum Gasteiger partial charge on any atom is -0.330 e. The number of unbranched alkanes of at least 4 members (excludes halogenated alkanes) is 1. The van der Waals surface area contributed by atoms with E-state index in [1.54, 1.807) is 0 Å². The van der Waals surface area contributed by atoms with E-state index in [2.05, 4.69) is 11.8 Å². The van der Waals surface area contributed by atoms with Gasteiger partial charge in [-0.2, -0.15) is 0 Å². The van der Waals surface area contributed by atoms with Crippen LogP contribution in [0.2, 0.25) is 0 Å². The van der Waals surface area contributed by atoms with Crippen molar-refractivity contribution in [3.05, 3.63) is 0 Å². The van der Waals surface area contributed by atoms with Crippen LogP contribution in [-0.2, 0) is 0 Å². The van der Waals surface area contributed by atoms with Gasteiger partial charge in [0.2, 0.25) is 0 Å². The standard InChI is InChI=1S/C10H22N2/c1-10-6-2-4-8-12(10)9-5-3-7-11/h10H,2-9,11H2,1H3/t10-/m1/s1. The highest BCUT2D eigenvalue weighted by atomic mass is 15.1. The minimum absolute atomic E-state index is 0.816. The lowest BCUT2D eigenvalue weighted by Gasteiger charge is -2.33. The summed E-state index contributed by atoms with van der Waals surface area (Å²) < 4.78 is 0. The van der Waals surface area contributed by atoms with Crippen molar-refractivity contribution >= 4 is 0 Å². The Labute approximate surface area is 76.1 Å². The highest BCUT2D eigenvalue weighted by Crippen LogP contribution is 2.16. The molecule has 0 saturated carbocycles. The molecule has 0 radical (unpaired) electrons. The molecule has 0 aromatic rings. The van der Waals surface area contributed by atoms with Gasteiger partial charge >= 0.3 is 0 Å². The molecule has 0 amide bonds. The fourth-order valence-electron chi connectivity index (χ4n) is 1.95. The molecule has 1 atom stereocenters. The first-order chi connectivity index (χ1) is 5.84. The van der Waals surface area contributed by atoms with Gasteiger partial charge in [-0.15, -0.1) is 0 Å². The first-order valence-corrected chi connectivity index (χ1v) is 5.28. The lowest BCUT2D eigenvalue weighted by molar-refractivity contribution is 0.158. The van der Waals surface area contributed by atoms with E-state index in [-0.39, 0.29) is 0 Å². The topological polar surface area (TPSA) is 29.3 Å². The Kier molecular flexibility index (Phi) is 4.62. The van der Waals surface area contributed by atoms with Gasteiger partial charge in [-0.05, 0) is 52.2 Å². The lowest BCUT2D eigenvalue weighted by atomic mass is 10.0. The van der Waals surface area contributed by atoms with Crippen LogP contribution in [0.4, 0.5) is 0 Å². The second kappa shape index (κ2) is 5.55. The van der Waals surface area contributed by atoms with Crippen molar-refractivity contribution in [2.45, 2.75) is 45.1 Å². The van der Waals surface area contributed by atoms with Gasteiger partial charge < -0.3 is 10.6 Å². The van der Waals surface area contributed by atoms with Crippen LogP contribution in [0.15, 0.2) is 0 Å². The average Bonchev–Trinajstić information content (AvgIpc) is 2.09. The first-order valence-electron chi connectivity index (χ1n) is 5.28. The molecule has 12 heavy (non-hydrogen) atoms. The van der Waals surface area contributed by atoms with E-state index in [9.17, 15) is 0 Å². The SMILES string of the molecule is C[C@@H]1CCCCN1CCCCN. The van der Waals surface area contributed by atoms with Crippen LogP contribution >= 0.6 is 0 Å². The summed E-state index contributed by atoms with van der Waals surface area (Å²) in [6.07, 6.45) is 6.67. The van der Waals surface area contributed by atoms with Gasteiger partial charge in [0, 0.05) is 6.04 Å². The predicted molar refractivity (Wildman–Crippen MR) is 53.2 cm³/mol. The highest BCUT2D eigenvalue weighted by Gasteiger charge is 2.16. The maximum atomic E-state index is 5.46. The van der Waals surface area contributed by atoms with Crippen molar-refractivity contribution in [2.24, 2.45) is 5.73 Å². The molecule has 2 heteroatoms. The van der Waals surface area contributed by atoms with Gasteiger partial charge in [-0.25, -0.2) is 0 Å². The summed E-state index contributed by atoms with van der Waals surface area (Å²) in [5, 5.41) is 0. The van der Waals surface area contributed by atoms with E-state index >= 15 is 0 Å². The van der Waals surface area contributed by atoms with Gasteiger partial charge in [0.15, 0.2) is 0 Å². The third kappa shape index (κ3) is 3.11. The molecule has 2 nitrogen and oxygen atoms in total. The number of nitrogens with two attached hydrogens (primary N) is 1. The van der Waals surface area contributed by atoms with Crippen molar-refractivity contribution in [3.8, 4) is 0 Å². The van der Waals surface area contributed by atoms with Crippen LogP contribution in [-0.4, -0.2) is 30.6 Å². The van der Waals surface area contributed by atoms with Crippen molar-refractivity contribution in [1.82, 2.24) is 4.90 Å². The molecule has 0 aromatic heterocycles. The van der Waals surface area contributed by atoms with Crippen LogP contribution in [0.5, 0.6) is 0 Å². The minimum atomic E-state index is 0.816. The van der Waals surface area contributed by atoms with Gasteiger partial charge in [0.1, 0.15) is 0 Å². The van der Waals surface area contributed by atoms with E-state index in [1.807, 2.05) is 0 Å². The van der Waals surface area contributed by atoms with Crippen molar-refractivity contribution < 1.29 is 0 Å². The molecular formula is C10H22N2. The number of piperidine rings is 1. The van der Waals surface area contributed by atoms with Gasteiger partial charge in [0.25, 0.3) is 0 Å². The van der Waals surface area contributed by atoms with Crippen LogP contribution in [0.3, 0.4) is 0 Å². The molecular weight excluding hydrogens is 148 g/mol. The zero-order valence-electron chi connectivity index (χ0n) is 8.26. The molecule has 0 aliphatic carbocycles. The zero-order chi connectivity index (χ0) is 8.81. The largest absolute Gasteiger partial charge is 0.330 e. The predicted octanol–water partition coefficient (Wildman–Crippen LogP) is 1.60. The first kappa shape index (κ1) is 10.0. The molecule has 0 unspecified atom stereocenters. The van der Waals surface area contributed by atoms with Gasteiger partial charge in [0.05, 0.1) is 0 Å². The van der Waals surface area contributed by atoms with Gasteiger partial charge in [-0.1, -0.05) is 6.42 Å². The Morgan fingerprint density at radius 2 is 2.17 bits per heavy atom. The number of rotatable bonds is 4. The summed E-state index contributed by atoms with van der Waals surface area (Å²) in [6.45, 7) is 5.77. The molecule has 1 saturated heterocycles. The van der Waals surface area contributed by atoms with E-state index in [4.69, 9.17) is 5.73 Å². The number of likely N-dealkylation sites (tertiary alicyclic amines) is 1. The number of nitrogens with zero attached hydrogens (tertiary/aromatic N) is 1. The molecule has 1 aliphatic rings. The Morgan fingerprint density at radius 1 is 1.33 bits per heavy atom. The second-order valence-corrected chi connectivity index (χ2v) is 3.88. The summed E-state index contributed by atoms with van der Waals surface area (Å²) in [4.78, 5) is 2.61. The van der Waals surface area contributed by atoms with Crippen LogP contribution in [0.25, 0.3) is 0 Å². The highest BCUT2D eigenvalue weighted by molar-refractivity contribution is 4.72. The van der Waals surface area contributed by atoms with Crippen molar-refractivity contribution in [1.29, 1.82) is 0 Å². The van der Waals surface area contributed by atoms with E-state index in [1.165, 1.54) is 45.2 Å². The Hall–Kier alpha value is -0.0800. The monoisotopic (exact) mass is 170 g/mol. The normalized spacial score (nSPS) is 26.0.